The topological polar surface area (TPSA) is 38.0 Å². The molecule has 0 fully saturated rings. The zero-order chi connectivity index (χ0) is 14.4. The Bertz CT molecular complexity index is 272. The molecule has 0 aromatic heterocycles. The molecular weight excluding hydrogens is 220 g/mol. The van der Waals surface area contributed by atoms with Gasteiger partial charge >= 0.3 is 0 Å². The summed E-state index contributed by atoms with van der Waals surface area (Å²) in [7, 11) is 0. The van der Waals surface area contributed by atoms with Gasteiger partial charge in [0, 0.05) is 12.2 Å². The SMILES string of the molecule is CC.CC.CCCNc1ccccc1C(C)CN. The molecule has 0 aliphatic heterocycles. The summed E-state index contributed by atoms with van der Waals surface area (Å²) in [6.07, 6.45) is 1.14. The van der Waals surface area contributed by atoms with Crippen molar-refractivity contribution < 1.29 is 0 Å². The van der Waals surface area contributed by atoms with Crippen LogP contribution in [0.5, 0.6) is 0 Å². The molecule has 0 saturated heterocycles. The van der Waals surface area contributed by atoms with Crippen LogP contribution in [0.25, 0.3) is 0 Å². The van der Waals surface area contributed by atoms with Crippen LogP contribution in [0.3, 0.4) is 0 Å². The number of hydrogen-bond acceptors (Lipinski definition) is 2. The van der Waals surface area contributed by atoms with Gasteiger partial charge in [0.15, 0.2) is 0 Å². The molecule has 0 spiro atoms. The van der Waals surface area contributed by atoms with E-state index in [9.17, 15) is 0 Å². The maximum absolute atomic E-state index is 5.67. The Labute approximate surface area is 114 Å². The molecular formula is C16H32N2. The fourth-order valence-corrected chi connectivity index (χ4v) is 1.47. The van der Waals surface area contributed by atoms with Crippen molar-refractivity contribution in [2.45, 2.75) is 53.9 Å². The van der Waals surface area contributed by atoms with E-state index in [2.05, 4.69) is 43.4 Å². The van der Waals surface area contributed by atoms with Gasteiger partial charge in [0.25, 0.3) is 0 Å². The van der Waals surface area contributed by atoms with Crippen LogP contribution in [0, 0.1) is 0 Å². The predicted molar refractivity (Wildman–Crippen MR) is 85.4 cm³/mol. The molecule has 1 aromatic carbocycles. The fraction of sp³-hybridized carbons (Fsp3) is 0.625. The summed E-state index contributed by atoms with van der Waals surface area (Å²) >= 11 is 0. The van der Waals surface area contributed by atoms with Crippen molar-refractivity contribution in [3.63, 3.8) is 0 Å². The molecule has 2 heteroatoms. The lowest BCUT2D eigenvalue weighted by Crippen LogP contribution is -2.12. The van der Waals surface area contributed by atoms with E-state index in [0.29, 0.717) is 12.5 Å². The van der Waals surface area contributed by atoms with E-state index in [1.54, 1.807) is 0 Å². The standard InChI is InChI=1S/C12H20N2.2C2H6/c1-3-8-14-12-7-5-4-6-11(12)10(2)9-13;2*1-2/h4-7,10,14H,3,8-9,13H2,1-2H3;2*1-2H3. The Balaban J connectivity index is 0. The van der Waals surface area contributed by atoms with E-state index in [-0.39, 0.29) is 0 Å². The molecule has 1 unspecified atom stereocenters. The lowest BCUT2D eigenvalue weighted by Gasteiger charge is -2.15. The van der Waals surface area contributed by atoms with E-state index in [0.717, 1.165) is 13.0 Å². The Kier molecular flexibility index (Phi) is 15.1. The molecule has 0 bridgehead atoms. The van der Waals surface area contributed by atoms with E-state index in [1.165, 1.54) is 11.3 Å². The molecule has 18 heavy (non-hydrogen) atoms. The van der Waals surface area contributed by atoms with Gasteiger partial charge in [-0.15, -0.1) is 0 Å². The van der Waals surface area contributed by atoms with Gasteiger partial charge < -0.3 is 11.1 Å². The average Bonchev–Trinajstić information content (AvgIpc) is 2.48. The van der Waals surface area contributed by atoms with Crippen molar-refractivity contribution >= 4 is 5.69 Å². The van der Waals surface area contributed by atoms with Gasteiger partial charge in [-0.2, -0.15) is 0 Å². The number of nitrogens with two attached hydrogens (primary N) is 1. The van der Waals surface area contributed by atoms with Gasteiger partial charge in [-0.05, 0) is 30.5 Å². The highest BCUT2D eigenvalue weighted by Gasteiger charge is 2.07. The van der Waals surface area contributed by atoms with Gasteiger partial charge in [0.1, 0.15) is 0 Å². The van der Waals surface area contributed by atoms with E-state index >= 15 is 0 Å². The number of rotatable bonds is 5. The number of benzene rings is 1. The zero-order valence-electron chi connectivity index (χ0n) is 13.1. The second-order valence-electron chi connectivity index (χ2n) is 3.65. The first-order chi connectivity index (χ1) is 8.79. The van der Waals surface area contributed by atoms with Crippen LogP contribution in [0.1, 0.15) is 59.4 Å². The largest absolute Gasteiger partial charge is 0.385 e. The zero-order valence-corrected chi connectivity index (χ0v) is 13.1. The van der Waals surface area contributed by atoms with Crippen LogP contribution in [-0.2, 0) is 0 Å². The summed E-state index contributed by atoms with van der Waals surface area (Å²) in [5, 5.41) is 3.42. The highest BCUT2D eigenvalue weighted by atomic mass is 14.9. The molecule has 0 aliphatic carbocycles. The first-order valence-electron chi connectivity index (χ1n) is 7.32. The molecule has 1 atom stereocenters. The molecule has 0 saturated carbocycles. The second kappa shape index (κ2) is 14.0. The summed E-state index contributed by atoms with van der Waals surface area (Å²) in [4.78, 5) is 0. The van der Waals surface area contributed by atoms with Crippen LogP contribution in [-0.4, -0.2) is 13.1 Å². The lowest BCUT2D eigenvalue weighted by molar-refractivity contribution is 0.774. The van der Waals surface area contributed by atoms with E-state index in [4.69, 9.17) is 5.73 Å². The van der Waals surface area contributed by atoms with Gasteiger partial charge in [0.2, 0.25) is 0 Å². The molecule has 3 N–H and O–H groups in total. The fourth-order valence-electron chi connectivity index (χ4n) is 1.47. The Morgan fingerprint density at radius 3 is 2.17 bits per heavy atom. The Morgan fingerprint density at radius 1 is 1.11 bits per heavy atom. The van der Waals surface area contributed by atoms with Gasteiger partial charge in [-0.3, -0.25) is 0 Å². The van der Waals surface area contributed by atoms with Crippen LogP contribution < -0.4 is 11.1 Å². The quantitative estimate of drug-likeness (QED) is 0.802. The van der Waals surface area contributed by atoms with Crippen molar-refractivity contribution in [1.29, 1.82) is 0 Å². The number of anilines is 1. The summed E-state index contributed by atoms with van der Waals surface area (Å²) in [5.41, 5.74) is 8.23. The third-order valence-electron chi connectivity index (χ3n) is 2.41. The first-order valence-corrected chi connectivity index (χ1v) is 7.32. The minimum Gasteiger partial charge on any atom is -0.385 e. The molecule has 106 valence electrons. The molecule has 0 aliphatic rings. The van der Waals surface area contributed by atoms with Gasteiger partial charge in [-0.25, -0.2) is 0 Å². The Hall–Kier alpha value is -1.02. The van der Waals surface area contributed by atoms with E-state index in [1.807, 2.05) is 27.7 Å². The summed E-state index contributed by atoms with van der Waals surface area (Å²) in [6, 6.07) is 8.40. The summed E-state index contributed by atoms with van der Waals surface area (Å²) in [6.45, 7) is 14.0. The van der Waals surface area contributed by atoms with Gasteiger partial charge in [-0.1, -0.05) is 59.7 Å². The third kappa shape index (κ3) is 7.33. The van der Waals surface area contributed by atoms with E-state index < -0.39 is 0 Å². The first kappa shape index (κ1) is 19.3. The van der Waals surface area contributed by atoms with Crippen molar-refractivity contribution in [3.8, 4) is 0 Å². The normalized spacial score (nSPS) is 10.4. The van der Waals surface area contributed by atoms with Crippen LogP contribution in [0.4, 0.5) is 5.69 Å². The number of nitrogens with one attached hydrogen (secondary N) is 1. The number of hydrogen-bond donors (Lipinski definition) is 2. The van der Waals surface area contributed by atoms with Crippen LogP contribution >= 0.6 is 0 Å². The summed E-state index contributed by atoms with van der Waals surface area (Å²) in [5.74, 6) is 0.426. The highest BCUT2D eigenvalue weighted by molar-refractivity contribution is 5.52. The number of para-hydroxylation sites is 1. The average molecular weight is 252 g/mol. The molecule has 1 rings (SSSR count). The molecule has 2 nitrogen and oxygen atoms in total. The highest BCUT2D eigenvalue weighted by Crippen LogP contribution is 2.23. The van der Waals surface area contributed by atoms with Crippen molar-refractivity contribution in [2.24, 2.45) is 5.73 Å². The monoisotopic (exact) mass is 252 g/mol. The van der Waals surface area contributed by atoms with Crippen LogP contribution in [0.15, 0.2) is 24.3 Å². The molecule has 0 heterocycles. The lowest BCUT2D eigenvalue weighted by atomic mass is 9.99. The third-order valence-corrected chi connectivity index (χ3v) is 2.41. The van der Waals surface area contributed by atoms with Crippen molar-refractivity contribution in [1.82, 2.24) is 0 Å². The smallest absolute Gasteiger partial charge is 0.0375 e. The molecule has 0 radical (unpaired) electrons. The minimum atomic E-state index is 0.426. The van der Waals surface area contributed by atoms with Crippen LogP contribution in [0.2, 0.25) is 0 Å². The summed E-state index contributed by atoms with van der Waals surface area (Å²) < 4.78 is 0. The maximum Gasteiger partial charge on any atom is 0.0375 e. The van der Waals surface area contributed by atoms with Crippen molar-refractivity contribution in [2.75, 3.05) is 18.4 Å². The molecule has 0 amide bonds. The Morgan fingerprint density at radius 2 is 1.67 bits per heavy atom. The maximum atomic E-state index is 5.67. The second-order valence-corrected chi connectivity index (χ2v) is 3.65. The predicted octanol–water partition coefficient (Wildman–Crippen LogP) is 4.62. The molecule has 1 aromatic rings. The van der Waals surface area contributed by atoms with Crippen molar-refractivity contribution in [3.05, 3.63) is 29.8 Å². The van der Waals surface area contributed by atoms with Gasteiger partial charge in [0.05, 0.1) is 0 Å². The minimum absolute atomic E-state index is 0.426.